The van der Waals surface area contributed by atoms with Gasteiger partial charge in [-0.15, -0.1) is 0 Å². The number of amidine groups is 1. The second-order valence-electron chi connectivity index (χ2n) is 3.75. The molecule has 1 aromatic rings. The molecule has 1 aliphatic rings. The molecule has 1 unspecified atom stereocenters. The van der Waals surface area contributed by atoms with E-state index in [0.29, 0.717) is 0 Å². The Hall–Kier alpha value is -1.25. The van der Waals surface area contributed by atoms with Crippen LogP contribution in [0.15, 0.2) is 21.5 Å². The summed E-state index contributed by atoms with van der Waals surface area (Å²) in [5.74, 6) is 3.06. The highest BCUT2D eigenvalue weighted by Gasteiger charge is 2.13. The first-order valence-corrected chi connectivity index (χ1v) is 5.12. The van der Waals surface area contributed by atoms with Gasteiger partial charge in [0, 0.05) is 13.0 Å². The van der Waals surface area contributed by atoms with Crippen molar-refractivity contribution < 1.29 is 4.42 Å². The normalized spacial score (nSPS) is 18.0. The minimum Gasteiger partial charge on any atom is -0.464 e. The van der Waals surface area contributed by atoms with E-state index >= 15 is 0 Å². The molecule has 0 aromatic carbocycles. The maximum atomic E-state index is 5.54. The molecule has 0 spiro atoms. The van der Waals surface area contributed by atoms with E-state index in [2.05, 4.69) is 17.2 Å². The van der Waals surface area contributed by atoms with E-state index in [1.54, 1.807) is 0 Å². The van der Waals surface area contributed by atoms with Gasteiger partial charge in [0.1, 0.15) is 11.5 Å². The van der Waals surface area contributed by atoms with Gasteiger partial charge in [-0.3, -0.25) is 4.99 Å². The van der Waals surface area contributed by atoms with E-state index in [9.17, 15) is 0 Å². The molecule has 2 rings (SSSR count). The van der Waals surface area contributed by atoms with Crippen LogP contribution in [0.3, 0.4) is 0 Å². The number of rotatable bonds is 2. The van der Waals surface area contributed by atoms with E-state index in [1.807, 2.05) is 19.1 Å². The zero-order chi connectivity index (χ0) is 9.97. The molecule has 1 N–H and O–H groups in total. The average molecular weight is 192 g/mol. The molecule has 2 heterocycles. The number of hydrogen-bond acceptors (Lipinski definition) is 3. The van der Waals surface area contributed by atoms with Crippen molar-refractivity contribution in [2.75, 3.05) is 6.54 Å². The molecule has 1 aliphatic heterocycles. The maximum Gasteiger partial charge on any atom is 0.126 e. The van der Waals surface area contributed by atoms with Crippen LogP contribution in [0.1, 0.15) is 37.3 Å². The first kappa shape index (κ1) is 9.31. The third-order valence-electron chi connectivity index (χ3n) is 2.45. The van der Waals surface area contributed by atoms with Crippen molar-refractivity contribution in [1.82, 2.24) is 5.32 Å². The van der Waals surface area contributed by atoms with Gasteiger partial charge in [0.05, 0.1) is 11.9 Å². The SMILES string of the molecule is Cc1ccc(C(C)NC2=NCCC2)o1. The molecular formula is C11H16N2O. The molecule has 1 aromatic heterocycles. The van der Waals surface area contributed by atoms with Crippen LogP contribution in [0.5, 0.6) is 0 Å². The Morgan fingerprint density at radius 3 is 2.93 bits per heavy atom. The lowest BCUT2D eigenvalue weighted by atomic mass is 10.2. The molecule has 0 radical (unpaired) electrons. The van der Waals surface area contributed by atoms with Crippen LogP contribution < -0.4 is 5.32 Å². The second kappa shape index (κ2) is 3.86. The Morgan fingerprint density at radius 1 is 1.50 bits per heavy atom. The number of nitrogens with one attached hydrogen (secondary N) is 1. The molecule has 14 heavy (non-hydrogen) atoms. The molecule has 0 amide bonds. The molecule has 76 valence electrons. The summed E-state index contributed by atoms with van der Waals surface area (Å²) in [6.07, 6.45) is 2.25. The van der Waals surface area contributed by atoms with E-state index in [1.165, 1.54) is 6.42 Å². The second-order valence-corrected chi connectivity index (χ2v) is 3.75. The Bertz CT molecular complexity index is 341. The van der Waals surface area contributed by atoms with Gasteiger partial charge in [-0.25, -0.2) is 0 Å². The first-order chi connectivity index (χ1) is 6.75. The summed E-state index contributed by atoms with van der Waals surface area (Å²) in [6, 6.07) is 4.23. The van der Waals surface area contributed by atoms with Crippen molar-refractivity contribution in [2.24, 2.45) is 4.99 Å². The lowest BCUT2D eigenvalue weighted by Gasteiger charge is -2.12. The predicted molar refractivity (Wildman–Crippen MR) is 56.5 cm³/mol. The molecule has 0 bridgehead atoms. The third kappa shape index (κ3) is 1.97. The van der Waals surface area contributed by atoms with Crippen LogP contribution in [0, 0.1) is 6.92 Å². The Labute approximate surface area is 84.2 Å². The minimum absolute atomic E-state index is 0.223. The summed E-state index contributed by atoms with van der Waals surface area (Å²) >= 11 is 0. The average Bonchev–Trinajstić information content (AvgIpc) is 2.75. The zero-order valence-corrected chi connectivity index (χ0v) is 8.71. The zero-order valence-electron chi connectivity index (χ0n) is 8.71. The van der Waals surface area contributed by atoms with E-state index in [0.717, 1.165) is 30.3 Å². The lowest BCUT2D eigenvalue weighted by Crippen LogP contribution is -2.24. The van der Waals surface area contributed by atoms with E-state index in [-0.39, 0.29) is 6.04 Å². The monoisotopic (exact) mass is 192 g/mol. The van der Waals surface area contributed by atoms with E-state index in [4.69, 9.17) is 4.42 Å². The van der Waals surface area contributed by atoms with Crippen molar-refractivity contribution >= 4 is 5.84 Å². The van der Waals surface area contributed by atoms with Gasteiger partial charge in [0.25, 0.3) is 0 Å². The summed E-state index contributed by atoms with van der Waals surface area (Å²) in [4.78, 5) is 4.37. The highest BCUT2D eigenvalue weighted by atomic mass is 16.3. The summed E-state index contributed by atoms with van der Waals surface area (Å²) in [6.45, 7) is 5.02. The van der Waals surface area contributed by atoms with Gasteiger partial charge in [0.2, 0.25) is 0 Å². The molecule has 0 fully saturated rings. The highest BCUT2D eigenvalue weighted by Crippen LogP contribution is 2.16. The molecule has 0 aliphatic carbocycles. The van der Waals surface area contributed by atoms with Crippen LogP contribution in [0.2, 0.25) is 0 Å². The minimum atomic E-state index is 0.223. The molecule has 1 atom stereocenters. The first-order valence-electron chi connectivity index (χ1n) is 5.12. The fraction of sp³-hybridized carbons (Fsp3) is 0.545. The number of furan rings is 1. The Morgan fingerprint density at radius 2 is 2.36 bits per heavy atom. The van der Waals surface area contributed by atoms with E-state index < -0.39 is 0 Å². The molecular weight excluding hydrogens is 176 g/mol. The highest BCUT2D eigenvalue weighted by molar-refractivity contribution is 5.83. The van der Waals surface area contributed by atoms with Gasteiger partial charge in [-0.1, -0.05) is 0 Å². The largest absolute Gasteiger partial charge is 0.464 e. The van der Waals surface area contributed by atoms with Crippen LogP contribution in [-0.2, 0) is 0 Å². The predicted octanol–water partition coefficient (Wildman–Crippen LogP) is 2.43. The van der Waals surface area contributed by atoms with Crippen molar-refractivity contribution in [3.8, 4) is 0 Å². The van der Waals surface area contributed by atoms with Crippen LogP contribution in [-0.4, -0.2) is 12.4 Å². The number of hydrogen-bond donors (Lipinski definition) is 1. The number of nitrogens with zero attached hydrogens (tertiary/aromatic N) is 1. The molecule has 3 nitrogen and oxygen atoms in total. The lowest BCUT2D eigenvalue weighted by molar-refractivity contribution is 0.443. The van der Waals surface area contributed by atoms with Crippen molar-refractivity contribution in [3.05, 3.63) is 23.7 Å². The Kier molecular flexibility index (Phi) is 2.57. The van der Waals surface area contributed by atoms with Crippen molar-refractivity contribution in [3.63, 3.8) is 0 Å². The summed E-state index contributed by atoms with van der Waals surface area (Å²) < 4.78 is 5.54. The van der Waals surface area contributed by atoms with Crippen LogP contribution >= 0.6 is 0 Å². The summed E-state index contributed by atoms with van der Waals surface area (Å²) in [5.41, 5.74) is 0. The summed E-state index contributed by atoms with van der Waals surface area (Å²) in [7, 11) is 0. The quantitative estimate of drug-likeness (QED) is 0.781. The van der Waals surface area contributed by atoms with Gasteiger partial charge in [0.15, 0.2) is 0 Å². The molecule has 0 saturated heterocycles. The third-order valence-corrected chi connectivity index (χ3v) is 2.45. The van der Waals surface area contributed by atoms with Crippen LogP contribution in [0.25, 0.3) is 0 Å². The number of aryl methyl sites for hydroxylation is 1. The van der Waals surface area contributed by atoms with Crippen LogP contribution in [0.4, 0.5) is 0 Å². The van der Waals surface area contributed by atoms with Gasteiger partial charge < -0.3 is 9.73 Å². The topological polar surface area (TPSA) is 37.5 Å². The van der Waals surface area contributed by atoms with Gasteiger partial charge in [-0.2, -0.15) is 0 Å². The molecule has 0 saturated carbocycles. The summed E-state index contributed by atoms with van der Waals surface area (Å²) in [5, 5.41) is 3.36. The fourth-order valence-electron chi connectivity index (χ4n) is 1.66. The maximum absolute atomic E-state index is 5.54. The fourth-order valence-corrected chi connectivity index (χ4v) is 1.66. The smallest absolute Gasteiger partial charge is 0.126 e. The Balaban J connectivity index is 1.98. The van der Waals surface area contributed by atoms with Crippen molar-refractivity contribution in [1.29, 1.82) is 0 Å². The standard InChI is InChI=1S/C11H16N2O/c1-8-5-6-10(14-8)9(2)13-11-4-3-7-12-11/h5-6,9H,3-4,7H2,1-2H3,(H,12,13). The molecule has 3 heteroatoms. The number of aliphatic imine (C=N–C) groups is 1. The van der Waals surface area contributed by atoms with Gasteiger partial charge in [-0.05, 0) is 32.4 Å². The van der Waals surface area contributed by atoms with Crippen molar-refractivity contribution in [2.45, 2.75) is 32.7 Å². The van der Waals surface area contributed by atoms with Gasteiger partial charge >= 0.3 is 0 Å².